The van der Waals surface area contributed by atoms with Crippen LogP contribution in [0.3, 0.4) is 0 Å². The van der Waals surface area contributed by atoms with Crippen molar-refractivity contribution < 1.29 is 14.5 Å². The number of aromatic nitrogens is 3. The van der Waals surface area contributed by atoms with E-state index in [2.05, 4.69) is 15.4 Å². The molecule has 0 aliphatic heterocycles. The number of carbonyl (C=O) groups excluding carboxylic acids is 1. The lowest BCUT2D eigenvalue weighted by Gasteiger charge is -2.07. The molecule has 9 nitrogen and oxygen atoms in total. The number of nitro benzene ring substituents is 1. The van der Waals surface area contributed by atoms with Crippen molar-refractivity contribution in [2.45, 2.75) is 6.54 Å². The van der Waals surface area contributed by atoms with Crippen molar-refractivity contribution in [3.05, 3.63) is 100 Å². The van der Waals surface area contributed by atoms with Gasteiger partial charge in [0.2, 0.25) is 5.95 Å². The van der Waals surface area contributed by atoms with Gasteiger partial charge in [0.05, 0.1) is 12.0 Å². The number of nitrogens with one attached hydrogen (secondary N) is 1. The van der Waals surface area contributed by atoms with Gasteiger partial charge in [-0.05, 0) is 35.9 Å². The van der Waals surface area contributed by atoms with Crippen LogP contribution >= 0.6 is 0 Å². The van der Waals surface area contributed by atoms with Gasteiger partial charge in [-0.15, -0.1) is 5.10 Å². The van der Waals surface area contributed by atoms with Crippen LogP contribution in [0.4, 0.5) is 11.6 Å². The first kappa shape index (κ1) is 20.7. The molecule has 0 saturated heterocycles. The Labute approximate surface area is 183 Å². The minimum Gasteiger partial charge on any atom is -0.497 e. The van der Waals surface area contributed by atoms with Crippen molar-refractivity contribution in [1.82, 2.24) is 14.8 Å². The van der Waals surface area contributed by atoms with Gasteiger partial charge in [-0.2, -0.15) is 9.67 Å². The number of hydrogen-bond acceptors (Lipinski definition) is 7. The van der Waals surface area contributed by atoms with Gasteiger partial charge in [0, 0.05) is 29.8 Å². The zero-order chi connectivity index (χ0) is 22.5. The van der Waals surface area contributed by atoms with Gasteiger partial charge in [0.15, 0.2) is 5.82 Å². The number of ether oxygens (including phenoxy) is 1. The number of nitrogens with zero attached hydrogens (tertiary/aromatic N) is 4. The molecule has 4 aromatic rings. The number of non-ortho nitro benzene ring substituents is 1. The van der Waals surface area contributed by atoms with Crippen molar-refractivity contribution in [1.29, 1.82) is 0 Å². The van der Waals surface area contributed by atoms with Gasteiger partial charge < -0.3 is 10.1 Å². The summed E-state index contributed by atoms with van der Waals surface area (Å²) < 4.78 is 6.31. The molecule has 0 fully saturated rings. The van der Waals surface area contributed by atoms with E-state index in [1.807, 2.05) is 30.3 Å². The highest BCUT2D eigenvalue weighted by Crippen LogP contribution is 2.23. The second-order valence-corrected chi connectivity index (χ2v) is 6.85. The van der Waals surface area contributed by atoms with Crippen LogP contribution in [0.15, 0.2) is 78.9 Å². The van der Waals surface area contributed by atoms with E-state index in [1.54, 1.807) is 31.4 Å². The molecule has 0 spiro atoms. The topological polar surface area (TPSA) is 112 Å². The molecule has 0 atom stereocenters. The maximum atomic E-state index is 13.2. The zero-order valence-electron chi connectivity index (χ0n) is 17.1. The summed E-state index contributed by atoms with van der Waals surface area (Å²) in [5, 5.41) is 18.6. The average Bonchev–Trinajstić information content (AvgIpc) is 3.27. The van der Waals surface area contributed by atoms with Gasteiger partial charge >= 0.3 is 0 Å². The van der Waals surface area contributed by atoms with E-state index in [0.717, 1.165) is 10.2 Å². The molecular formula is C23H19N5O4. The van der Waals surface area contributed by atoms with E-state index in [4.69, 9.17) is 4.74 Å². The fraction of sp³-hybridized carbons (Fsp3) is 0.0870. The summed E-state index contributed by atoms with van der Waals surface area (Å²) in [6, 6.07) is 22.3. The summed E-state index contributed by atoms with van der Waals surface area (Å²) >= 11 is 0. The second kappa shape index (κ2) is 9.09. The molecule has 160 valence electrons. The lowest BCUT2D eigenvalue weighted by atomic mass is 10.2. The number of hydrogen-bond donors (Lipinski definition) is 1. The number of rotatable bonds is 7. The maximum Gasteiger partial charge on any atom is 0.281 e. The van der Waals surface area contributed by atoms with Crippen molar-refractivity contribution in [3.8, 4) is 17.1 Å². The SMILES string of the molecule is COc1ccc(-c2nc(NCc3ccccc3)n(C(=O)c3cccc([N+](=O)[O-])c3)n2)cc1. The molecule has 0 aliphatic carbocycles. The zero-order valence-corrected chi connectivity index (χ0v) is 17.1. The molecule has 0 radical (unpaired) electrons. The summed E-state index contributed by atoms with van der Waals surface area (Å²) in [5.74, 6) is 0.720. The predicted octanol–water partition coefficient (Wildman–Crippen LogP) is 4.16. The quantitative estimate of drug-likeness (QED) is 0.347. The lowest BCUT2D eigenvalue weighted by Crippen LogP contribution is -2.17. The van der Waals surface area contributed by atoms with Crippen LogP contribution in [0.25, 0.3) is 11.4 Å². The van der Waals surface area contributed by atoms with E-state index in [-0.39, 0.29) is 17.2 Å². The van der Waals surface area contributed by atoms with Crippen molar-refractivity contribution in [2.24, 2.45) is 0 Å². The van der Waals surface area contributed by atoms with Crippen LogP contribution in [0.5, 0.6) is 5.75 Å². The van der Waals surface area contributed by atoms with Crippen LogP contribution < -0.4 is 10.1 Å². The largest absolute Gasteiger partial charge is 0.497 e. The molecule has 32 heavy (non-hydrogen) atoms. The molecule has 0 unspecified atom stereocenters. The highest BCUT2D eigenvalue weighted by Gasteiger charge is 2.20. The monoisotopic (exact) mass is 429 g/mol. The fourth-order valence-electron chi connectivity index (χ4n) is 3.08. The van der Waals surface area contributed by atoms with E-state index in [0.29, 0.717) is 23.7 Å². The Morgan fingerprint density at radius 2 is 1.81 bits per heavy atom. The number of methoxy groups -OCH3 is 1. The number of benzene rings is 3. The van der Waals surface area contributed by atoms with Crippen LogP contribution in [-0.2, 0) is 6.54 Å². The lowest BCUT2D eigenvalue weighted by molar-refractivity contribution is -0.384. The molecule has 0 bridgehead atoms. The molecule has 0 amide bonds. The van der Waals surface area contributed by atoms with Crippen molar-refractivity contribution >= 4 is 17.5 Å². The maximum absolute atomic E-state index is 13.2. The predicted molar refractivity (Wildman–Crippen MR) is 119 cm³/mol. The Hall–Kier alpha value is -4.53. The summed E-state index contributed by atoms with van der Waals surface area (Å²) in [6.45, 7) is 0.420. The molecule has 3 aromatic carbocycles. The highest BCUT2D eigenvalue weighted by molar-refractivity contribution is 5.97. The van der Waals surface area contributed by atoms with Crippen LogP contribution in [0.2, 0.25) is 0 Å². The third-order valence-electron chi connectivity index (χ3n) is 4.75. The first-order valence-corrected chi connectivity index (χ1v) is 9.73. The van der Waals surface area contributed by atoms with E-state index < -0.39 is 10.8 Å². The van der Waals surface area contributed by atoms with Gasteiger partial charge in [-0.3, -0.25) is 14.9 Å². The molecule has 1 aromatic heterocycles. The summed E-state index contributed by atoms with van der Waals surface area (Å²) in [5.41, 5.74) is 1.65. The minimum atomic E-state index is -0.546. The van der Waals surface area contributed by atoms with Gasteiger partial charge in [0.25, 0.3) is 11.6 Å². The molecule has 0 aliphatic rings. The Bertz CT molecular complexity index is 1250. The summed E-state index contributed by atoms with van der Waals surface area (Å²) in [6.07, 6.45) is 0. The standard InChI is InChI=1S/C23H19N5O4/c1-32-20-12-10-17(11-13-20)21-25-23(24-15-16-6-3-2-4-7-16)27(26-21)22(29)18-8-5-9-19(14-18)28(30)31/h2-14H,15H2,1H3,(H,24,25,26). The summed E-state index contributed by atoms with van der Waals surface area (Å²) in [4.78, 5) is 28.2. The van der Waals surface area contributed by atoms with Crippen LogP contribution in [0, 0.1) is 10.1 Å². The number of carbonyl (C=O) groups is 1. The number of nitro groups is 1. The third-order valence-corrected chi connectivity index (χ3v) is 4.75. The van der Waals surface area contributed by atoms with Crippen LogP contribution in [0.1, 0.15) is 15.9 Å². The molecule has 9 heteroatoms. The van der Waals surface area contributed by atoms with Gasteiger partial charge in [0.1, 0.15) is 5.75 Å². The Kier molecular flexibility index (Phi) is 5.89. The molecule has 1 heterocycles. The average molecular weight is 429 g/mol. The fourth-order valence-corrected chi connectivity index (χ4v) is 3.08. The van der Waals surface area contributed by atoms with Crippen molar-refractivity contribution in [3.63, 3.8) is 0 Å². The third kappa shape index (κ3) is 4.46. The smallest absolute Gasteiger partial charge is 0.281 e. The molecule has 1 N–H and O–H groups in total. The summed E-state index contributed by atoms with van der Waals surface area (Å²) in [7, 11) is 1.57. The molecule has 0 saturated carbocycles. The Morgan fingerprint density at radius 3 is 2.50 bits per heavy atom. The van der Waals surface area contributed by atoms with Crippen LogP contribution in [-0.4, -0.2) is 32.7 Å². The highest BCUT2D eigenvalue weighted by atomic mass is 16.6. The first-order chi connectivity index (χ1) is 15.5. The first-order valence-electron chi connectivity index (χ1n) is 9.73. The number of anilines is 1. The van der Waals surface area contributed by atoms with E-state index >= 15 is 0 Å². The molecular weight excluding hydrogens is 410 g/mol. The van der Waals surface area contributed by atoms with Gasteiger partial charge in [-0.1, -0.05) is 36.4 Å². The van der Waals surface area contributed by atoms with E-state index in [9.17, 15) is 14.9 Å². The molecule has 4 rings (SSSR count). The second-order valence-electron chi connectivity index (χ2n) is 6.85. The van der Waals surface area contributed by atoms with E-state index in [1.165, 1.54) is 24.3 Å². The van der Waals surface area contributed by atoms with Crippen molar-refractivity contribution in [2.75, 3.05) is 12.4 Å². The minimum absolute atomic E-state index is 0.133. The Balaban J connectivity index is 1.71. The normalized spacial score (nSPS) is 10.5. The Morgan fingerprint density at radius 1 is 1.06 bits per heavy atom. The van der Waals surface area contributed by atoms with Gasteiger partial charge in [-0.25, -0.2) is 0 Å².